The highest BCUT2D eigenvalue weighted by Crippen LogP contribution is 3.01. The van der Waals surface area contributed by atoms with Gasteiger partial charge in [-0.1, -0.05) is 36.1 Å². The number of rotatable bonds is 11. The molecule has 0 saturated carbocycles. The first-order valence-corrected chi connectivity index (χ1v) is 21.8. The maximum atomic E-state index is 6.64. The van der Waals surface area contributed by atoms with Gasteiger partial charge in [0.1, 0.15) is 0 Å². The van der Waals surface area contributed by atoms with Crippen LogP contribution < -0.4 is 0 Å². The molecular weight excluding hydrogens is 460 g/mol. The Balaban J connectivity index is 2.74. The minimum absolute atomic E-state index is 0.119. The van der Waals surface area contributed by atoms with Crippen LogP contribution in [0.5, 0.6) is 0 Å². The fraction of sp³-hybridized carbons (Fsp3) is 0.533. The quantitative estimate of drug-likeness (QED) is 0.166. The zero-order valence-corrected chi connectivity index (χ0v) is 23.0. The van der Waals surface area contributed by atoms with Crippen molar-refractivity contribution in [3.05, 3.63) is 42.7 Å². The van der Waals surface area contributed by atoms with Gasteiger partial charge in [0.2, 0.25) is 0 Å². The highest BCUT2D eigenvalue weighted by Gasteiger charge is 2.29. The van der Waals surface area contributed by atoms with E-state index >= 15 is 0 Å². The third kappa shape index (κ3) is 9.14. The molecule has 1 aliphatic rings. The van der Waals surface area contributed by atoms with Crippen molar-refractivity contribution in [3.63, 3.8) is 0 Å². The van der Waals surface area contributed by atoms with Gasteiger partial charge in [0.25, 0.3) is 0 Å². The maximum absolute atomic E-state index is 6.64. The summed E-state index contributed by atoms with van der Waals surface area (Å²) in [5.74, 6) is 0. The van der Waals surface area contributed by atoms with Crippen molar-refractivity contribution < 1.29 is 9.26 Å². The fourth-order valence-corrected chi connectivity index (χ4v) is 41.5. The summed E-state index contributed by atoms with van der Waals surface area (Å²) in [5.41, 5.74) is 5.36. The van der Waals surface area contributed by atoms with Crippen LogP contribution in [0, 0.1) is 0 Å². The van der Waals surface area contributed by atoms with Crippen LogP contribution in [0.3, 0.4) is 0 Å². The molecule has 0 aromatic heterocycles. The molecule has 2 nitrogen and oxygen atoms in total. The number of ether oxygens (including phenoxy) is 1. The van der Waals surface area contributed by atoms with E-state index in [1.807, 2.05) is 6.08 Å². The lowest BCUT2D eigenvalue weighted by Gasteiger charge is -2.31. The summed E-state index contributed by atoms with van der Waals surface area (Å²) in [4.78, 5) is 0. The first-order valence-electron chi connectivity index (χ1n) is 7.90. The van der Waals surface area contributed by atoms with Crippen LogP contribution in [0.1, 0.15) is 32.6 Å². The largest absolute Gasteiger partial charge is 0.366 e. The van der Waals surface area contributed by atoms with Gasteiger partial charge in [-0.2, -0.15) is 0 Å². The monoisotopic (exact) mass is 490 g/mol. The molecule has 0 amide bonds. The van der Waals surface area contributed by atoms with Gasteiger partial charge in [-0.25, -0.2) is 0 Å². The van der Waals surface area contributed by atoms with Crippen molar-refractivity contribution in [2.24, 2.45) is 0 Å². The number of hydrogen-bond donors (Lipinski definition) is 0. The summed E-state index contributed by atoms with van der Waals surface area (Å²) >= 11 is 0. The molecule has 0 radical (unpaired) electrons. The van der Waals surface area contributed by atoms with E-state index in [2.05, 4.69) is 68.1 Å². The molecule has 0 aliphatic carbocycles. The van der Waals surface area contributed by atoms with Crippen LogP contribution in [0.4, 0.5) is 0 Å². The summed E-state index contributed by atoms with van der Waals surface area (Å²) in [6.45, 7) is 13.5. The fourth-order valence-electron chi connectivity index (χ4n) is 2.50. The standard InChI is InChI=1S/C15H30O2P8/c1-5-11(3)9-14(17-23(24(19)20)25(21)22-18)7-8-15-12(4)10-13(6-2)16-15/h6,13-15,22H,1-2,4,7-10,18-21H2,3H3/t13-,14-,15?,23?,25?/m0/s1. The van der Waals surface area contributed by atoms with E-state index in [1.54, 1.807) is 0 Å². The molecule has 0 spiro atoms. The van der Waals surface area contributed by atoms with Gasteiger partial charge in [0.05, 0.1) is 25.8 Å². The van der Waals surface area contributed by atoms with Crippen molar-refractivity contribution in [2.45, 2.75) is 50.9 Å². The van der Waals surface area contributed by atoms with E-state index in [9.17, 15) is 0 Å². The highest BCUT2D eigenvalue weighted by atomic mass is 33.0. The second-order valence-electron chi connectivity index (χ2n) is 5.83. The Bertz CT molecular complexity index is 506. The van der Waals surface area contributed by atoms with Crippen LogP contribution in [0.15, 0.2) is 42.7 Å². The zero-order valence-electron chi connectivity index (χ0n) is 14.7. The molecule has 1 aliphatic heterocycles. The Labute approximate surface area is 167 Å². The summed E-state index contributed by atoms with van der Waals surface area (Å²) in [6.07, 6.45) is 6.02. The van der Waals surface area contributed by atoms with Gasteiger partial charge in [-0.05, 0) is 44.9 Å². The minimum Gasteiger partial charge on any atom is -0.366 e. The van der Waals surface area contributed by atoms with Gasteiger partial charge >= 0.3 is 0 Å². The SMILES string of the molecule is C=C=C(C)C[C@H](CCC1O[C@@H](C=C)CC1=C)OP(P(P)P)P(P)PP. The lowest BCUT2D eigenvalue weighted by atomic mass is 10.0. The molecule has 0 aromatic carbocycles. The zero-order chi connectivity index (χ0) is 19.0. The summed E-state index contributed by atoms with van der Waals surface area (Å²) in [5, 5.41) is 0. The predicted octanol–water partition coefficient (Wildman–Crippen LogP) is 8.12. The van der Waals surface area contributed by atoms with Crippen LogP contribution >= 0.6 is 65.2 Å². The van der Waals surface area contributed by atoms with Crippen molar-refractivity contribution >= 4 is 65.2 Å². The van der Waals surface area contributed by atoms with Crippen molar-refractivity contribution in [2.75, 3.05) is 0 Å². The third-order valence-electron chi connectivity index (χ3n) is 3.86. The van der Waals surface area contributed by atoms with E-state index < -0.39 is 7.53 Å². The van der Waals surface area contributed by atoms with Gasteiger partial charge in [-0.3, -0.25) is 0 Å². The molecule has 1 rings (SSSR count). The van der Waals surface area contributed by atoms with Crippen molar-refractivity contribution in [3.8, 4) is 0 Å². The first-order chi connectivity index (χ1) is 11.8. The normalized spacial score (nSPS) is 24.5. The van der Waals surface area contributed by atoms with Crippen LogP contribution in [0.2, 0.25) is 0 Å². The van der Waals surface area contributed by atoms with E-state index in [4.69, 9.17) is 9.26 Å². The van der Waals surface area contributed by atoms with E-state index in [1.165, 1.54) is 5.57 Å². The summed E-state index contributed by atoms with van der Waals surface area (Å²) < 4.78 is 12.7. The second kappa shape index (κ2) is 13.6. The van der Waals surface area contributed by atoms with Crippen LogP contribution in [-0.4, -0.2) is 18.3 Å². The van der Waals surface area contributed by atoms with Crippen molar-refractivity contribution in [1.29, 1.82) is 0 Å². The Morgan fingerprint density at radius 2 is 2.20 bits per heavy atom. The summed E-state index contributed by atoms with van der Waals surface area (Å²) in [6, 6.07) is 0. The van der Waals surface area contributed by atoms with E-state index in [0.717, 1.165) is 39.2 Å². The summed E-state index contributed by atoms with van der Waals surface area (Å²) in [7, 11) is 12.3. The molecule has 1 saturated heterocycles. The van der Waals surface area contributed by atoms with Crippen LogP contribution in [0.25, 0.3) is 0 Å². The molecule has 1 fully saturated rings. The molecule has 1 heterocycles. The molecule has 0 bridgehead atoms. The average Bonchev–Trinajstić information content (AvgIpc) is 2.95. The van der Waals surface area contributed by atoms with Gasteiger partial charge in [0, 0.05) is 12.8 Å². The Morgan fingerprint density at radius 3 is 2.68 bits per heavy atom. The van der Waals surface area contributed by atoms with Gasteiger partial charge in [-0.15, -0.1) is 39.1 Å². The molecule has 8 unspecified atom stereocenters. The topological polar surface area (TPSA) is 18.5 Å². The Hall–Kier alpha value is 2.36. The Morgan fingerprint density at radius 1 is 1.52 bits per heavy atom. The van der Waals surface area contributed by atoms with Gasteiger partial charge < -0.3 is 9.26 Å². The average molecular weight is 490 g/mol. The minimum atomic E-state index is -0.434. The van der Waals surface area contributed by atoms with E-state index in [0.29, 0.717) is 0 Å². The molecule has 0 N–H and O–H groups in total. The van der Waals surface area contributed by atoms with Crippen LogP contribution in [-0.2, 0) is 9.26 Å². The number of hydrogen-bond acceptors (Lipinski definition) is 2. The predicted molar refractivity (Wildman–Crippen MR) is 138 cm³/mol. The lowest BCUT2D eigenvalue weighted by Crippen LogP contribution is -2.16. The lowest BCUT2D eigenvalue weighted by molar-refractivity contribution is 0.0661. The molecule has 10 atom stereocenters. The smallest absolute Gasteiger partial charge is 0.0931 e. The molecule has 142 valence electrons. The highest BCUT2D eigenvalue weighted by molar-refractivity contribution is 9.00. The third-order valence-corrected chi connectivity index (χ3v) is 36.2. The molecule has 0 aromatic rings. The van der Waals surface area contributed by atoms with Gasteiger partial charge in [0.15, 0.2) is 0 Å². The maximum Gasteiger partial charge on any atom is 0.0931 e. The first kappa shape index (κ1) is 25.4. The van der Waals surface area contributed by atoms with Crippen molar-refractivity contribution in [1.82, 2.24) is 0 Å². The Kier molecular flexibility index (Phi) is 13.8. The molecule has 25 heavy (non-hydrogen) atoms. The molecular formula is C15H30O2P8. The second-order valence-corrected chi connectivity index (χ2v) is 31.9. The van der Waals surface area contributed by atoms with E-state index in [-0.39, 0.29) is 32.3 Å². The molecule has 10 heteroatoms.